The monoisotopic (exact) mass is 325 g/mol. The Bertz CT molecular complexity index is 510. The molecule has 3 nitrogen and oxygen atoms in total. The molecule has 0 aliphatic carbocycles. The van der Waals surface area contributed by atoms with E-state index in [4.69, 9.17) is 4.74 Å². The van der Waals surface area contributed by atoms with E-state index in [0.29, 0.717) is 25.8 Å². The first-order valence-corrected chi connectivity index (χ1v) is 8.90. The molecule has 0 amide bonds. The van der Waals surface area contributed by atoms with E-state index < -0.39 is 6.10 Å². The summed E-state index contributed by atoms with van der Waals surface area (Å²) in [6.07, 6.45) is 0.541. The number of hydrogen-bond donors (Lipinski definition) is 2. The molecule has 2 N–H and O–H groups in total. The second-order valence-electron chi connectivity index (χ2n) is 5.27. The lowest BCUT2D eigenvalue weighted by Gasteiger charge is -2.16. The van der Waals surface area contributed by atoms with Crippen LogP contribution in [0.3, 0.4) is 0 Å². The number of ether oxygens (including phenoxy) is 1. The zero-order valence-electron chi connectivity index (χ0n) is 12.5. The Kier molecular flexibility index (Phi) is 6.86. The first kappa shape index (κ1) is 16.6. The fraction of sp³-hybridized carbons (Fsp3) is 0.500. The number of aliphatic hydroxyl groups excluding tert-OH is 1. The largest absolute Gasteiger partial charge is 0.389 e. The molecule has 0 aliphatic rings. The second-order valence-corrected chi connectivity index (χ2v) is 7.68. The van der Waals surface area contributed by atoms with Crippen LogP contribution < -0.4 is 5.32 Å². The molecule has 2 unspecified atom stereocenters. The van der Waals surface area contributed by atoms with Crippen molar-refractivity contribution in [2.75, 3.05) is 13.2 Å². The van der Waals surface area contributed by atoms with Crippen LogP contribution in [0.15, 0.2) is 29.6 Å². The van der Waals surface area contributed by atoms with Gasteiger partial charge in [-0.3, -0.25) is 0 Å². The highest BCUT2D eigenvalue weighted by Crippen LogP contribution is 2.16. The normalized spacial score (nSPS) is 14.2. The van der Waals surface area contributed by atoms with Gasteiger partial charge in [-0.15, -0.1) is 22.7 Å². The number of aryl methyl sites for hydroxylation is 1. The minimum absolute atomic E-state index is 0.356. The first-order chi connectivity index (χ1) is 10.1. The standard InChI is InChI=1S/C16H23NO2S2/c1-12(8-15-6-5-13(2)21-15)17-9-14(18)10-19-11-16-4-3-7-20-16/h3-7,12,14,17-18H,8-11H2,1-2H3. The summed E-state index contributed by atoms with van der Waals surface area (Å²) in [5.41, 5.74) is 0. The van der Waals surface area contributed by atoms with E-state index in [2.05, 4.69) is 31.3 Å². The molecule has 2 aromatic heterocycles. The maximum absolute atomic E-state index is 9.92. The van der Waals surface area contributed by atoms with Gasteiger partial charge in [-0.2, -0.15) is 0 Å². The Labute approximate surface area is 134 Å². The molecule has 5 heteroatoms. The lowest BCUT2D eigenvalue weighted by atomic mass is 10.2. The van der Waals surface area contributed by atoms with E-state index in [1.54, 1.807) is 11.3 Å². The summed E-state index contributed by atoms with van der Waals surface area (Å²) in [5, 5.41) is 15.3. The fourth-order valence-electron chi connectivity index (χ4n) is 2.06. The van der Waals surface area contributed by atoms with Gasteiger partial charge < -0.3 is 15.2 Å². The highest BCUT2D eigenvalue weighted by molar-refractivity contribution is 7.11. The molecule has 0 bridgehead atoms. The predicted octanol–water partition coefficient (Wildman–Crippen LogP) is 3.22. The maximum Gasteiger partial charge on any atom is 0.0897 e. The second kappa shape index (κ2) is 8.66. The van der Waals surface area contributed by atoms with Crippen LogP contribution in [-0.2, 0) is 17.8 Å². The van der Waals surface area contributed by atoms with Crippen molar-refractivity contribution < 1.29 is 9.84 Å². The summed E-state index contributed by atoms with van der Waals surface area (Å²) in [6, 6.07) is 8.74. The van der Waals surface area contributed by atoms with E-state index in [0.717, 1.165) is 6.42 Å². The highest BCUT2D eigenvalue weighted by Gasteiger charge is 2.09. The molecule has 2 rings (SSSR count). The molecule has 0 saturated heterocycles. The van der Waals surface area contributed by atoms with Crippen molar-refractivity contribution in [3.05, 3.63) is 44.3 Å². The Morgan fingerprint density at radius 2 is 2.14 bits per heavy atom. The summed E-state index contributed by atoms with van der Waals surface area (Å²) in [5.74, 6) is 0. The van der Waals surface area contributed by atoms with Gasteiger partial charge in [0.15, 0.2) is 0 Å². The predicted molar refractivity (Wildman–Crippen MR) is 90.2 cm³/mol. The van der Waals surface area contributed by atoms with Crippen LogP contribution in [0.2, 0.25) is 0 Å². The fourth-order valence-corrected chi connectivity index (χ4v) is 3.71. The van der Waals surface area contributed by atoms with Crippen LogP contribution in [-0.4, -0.2) is 30.4 Å². The quantitative estimate of drug-likeness (QED) is 0.744. The average Bonchev–Trinajstić information content (AvgIpc) is 3.08. The van der Waals surface area contributed by atoms with Gasteiger partial charge in [0.1, 0.15) is 0 Å². The third kappa shape index (κ3) is 6.28. The third-order valence-corrected chi connectivity index (χ3v) is 5.01. The number of aliphatic hydroxyl groups is 1. The molecule has 0 aromatic carbocycles. The van der Waals surface area contributed by atoms with Gasteiger partial charge in [0.2, 0.25) is 0 Å². The van der Waals surface area contributed by atoms with E-state index in [-0.39, 0.29) is 0 Å². The number of rotatable bonds is 9. The maximum atomic E-state index is 9.92. The van der Waals surface area contributed by atoms with Crippen molar-refractivity contribution in [2.45, 2.75) is 39.0 Å². The zero-order chi connectivity index (χ0) is 15.1. The van der Waals surface area contributed by atoms with E-state index in [1.807, 2.05) is 28.8 Å². The van der Waals surface area contributed by atoms with Gasteiger partial charge in [0, 0.05) is 27.2 Å². The van der Waals surface area contributed by atoms with E-state index in [9.17, 15) is 5.11 Å². The van der Waals surface area contributed by atoms with E-state index in [1.165, 1.54) is 14.6 Å². The Hall–Kier alpha value is -0.720. The molecule has 2 heterocycles. The van der Waals surface area contributed by atoms with Gasteiger partial charge in [-0.05, 0) is 43.8 Å². The van der Waals surface area contributed by atoms with Crippen molar-refractivity contribution in [2.24, 2.45) is 0 Å². The van der Waals surface area contributed by atoms with Crippen LogP contribution in [0, 0.1) is 6.92 Å². The zero-order valence-corrected chi connectivity index (χ0v) is 14.2. The first-order valence-electron chi connectivity index (χ1n) is 7.20. The molecule has 0 aliphatic heterocycles. The van der Waals surface area contributed by atoms with Crippen molar-refractivity contribution in [1.82, 2.24) is 5.32 Å². The molecule has 0 spiro atoms. The minimum Gasteiger partial charge on any atom is -0.389 e. The summed E-state index contributed by atoms with van der Waals surface area (Å²) >= 11 is 3.51. The number of thiophene rings is 2. The smallest absolute Gasteiger partial charge is 0.0897 e. The molecule has 0 saturated carbocycles. The molecule has 0 fully saturated rings. The Morgan fingerprint density at radius 3 is 2.81 bits per heavy atom. The third-order valence-electron chi connectivity index (χ3n) is 3.14. The summed E-state index contributed by atoms with van der Waals surface area (Å²) in [6.45, 7) is 5.79. The minimum atomic E-state index is -0.461. The van der Waals surface area contributed by atoms with Crippen LogP contribution >= 0.6 is 22.7 Å². The molecular weight excluding hydrogens is 302 g/mol. The van der Waals surface area contributed by atoms with Gasteiger partial charge in [-0.1, -0.05) is 6.07 Å². The SMILES string of the molecule is Cc1ccc(CC(C)NCC(O)COCc2cccs2)s1. The van der Waals surface area contributed by atoms with Gasteiger partial charge >= 0.3 is 0 Å². The molecule has 2 aromatic rings. The highest BCUT2D eigenvalue weighted by atomic mass is 32.1. The molecule has 116 valence electrons. The summed E-state index contributed by atoms with van der Waals surface area (Å²) in [7, 11) is 0. The molecule has 2 atom stereocenters. The van der Waals surface area contributed by atoms with Crippen LogP contribution in [0.5, 0.6) is 0 Å². The van der Waals surface area contributed by atoms with Crippen LogP contribution in [0.1, 0.15) is 21.6 Å². The average molecular weight is 325 g/mol. The van der Waals surface area contributed by atoms with Crippen molar-refractivity contribution in [1.29, 1.82) is 0 Å². The summed E-state index contributed by atoms with van der Waals surface area (Å²) in [4.78, 5) is 3.92. The van der Waals surface area contributed by atoms with Crippen LogP contribution in [0.4, 0.5) is 0 Å². The van der Waals surface area contributed by atoms with Gasteiger partial charge in [-0.25, -0.2) is 0 Å². The summed E-state index contributed by atoms with van der Waals surface area (Å²) < 4.78 is 5.52. The molecular formula is C16H23NO2S2. The van der Waals surface area contributed by atoms with Gasteiger partial charge in [0.25, 0.3) is 0 Å². The van der Waals surface area contributed by atoms with Crippen molar-refractivity contribution >= 4 is 22.7 Å². The lowest BCUT2D eigenvalue weighted by Crippen LogP contribution is -2.36. The lowest BCUT2D eigenvalue weighted by molar-refractivity contribution is 0.0288. The molecule has 0 radical (unpaired) electrons. The Balaban J connectivity index is 1.58. The topological polar surface area (TPSA) is 41.5 Å². The van der Waals surface area contributed by atoms with E-state index >= 15 is 0 Å². The van der Waals surface area contributed by atoms with Crippen molar-refractivity contribution in [3.63, 3.8) is 0 Å². The Morgan fingerprint density at radius 1 is 1.29 bits per heavy atom. The van der Waals surface area contributed by atoms with Crippen LogP contribution in [0.25, 0.3) is 0 Å². The number of nitrogens with one attached hydrogen (secondary N) is 1. The van der Waals surface area contributed by atoms with Gasteiger partial charge in [0.05, 0.1) is 19.3 Å². The number of hydrogen-bond acceptors (Lipinski definition) is 5. The molecule has 21 heavy (non-hydrogen) atoms. The van der Waals surface area contributed by atoms with Crippen molar-refractivity contribution in [3.8, 4) is 0 Å².